The van der Waals surface area contributed by atoms with Gasteiger partial charge in [-0.2, -0.15) is 0 Å². The molecule has 3 rings (SSSR count). The third-order valence-electron chi connectivity index (χ3n) is 4.26. The molecule has 0 aliphatic carbocycles. The third kappa shape index (κ3) is 3.54. The predicted molar refractivity (Wildman–Crippen MR) is 88.5 cm³/mol. The number of nitrogens with zero attached hydrogens (tertiary/aromatic N) is 1. The fourth-order valence-electron chi connectivity index (χ4n) is 3.08. The molecule has 3 N–H and O–H groups in total. The maximum atomic E-state index is 13.9. The molecule has 4 nitrogen and oxygen atoms in total. The molecular formula is C18H19F2N3O. The van der Waals surface area contributed by atoms with Crippen LogP contribution < -0.4 is 16.0 Å². The Balaban J connectivity index is 1.70. The number of halogens is 2. The zero-order chi connectivity index (χ0) is 17.1. The summed E-state index contributed by atoms with van der Waals surface area (Å²) in [6.45, 7) is 1.15. The first-order chi connectivity index (χ1) is 11.5. The zero-order valence-corrected chi connectivity index (χ0v) is 13.1. The van der Waals surface area contributed by atoms with Crippen molar-refractivity contribution in [1.82, 2.24) is 5.32 Å². The highest BCUT2D eigenvalue weighted by Crippen LogP contribution is 2.25. The third-order valence-corrected chi connectivity index (χ3v) is 4.26. The van der Waals surface area contributed by atoms with Crippen LogP contribution in [0.2, 0.25) is 0 Å². The lowest BCUT2D eigenvalue weighted by Gasteiger charge is -2.22. The minimum absolute atomic E-state index is 0.00726. The number of amides is 1. The van der Waals surface area contributed by atoms with Crippen molar-refractivity contribution >= 4 is 11.6 Å². The van der Waals surface area contributed by atoms with Crippen molar-refractivity contribution < 1.29 is 13.6 Å². The van der Waals surface area contributed by atoms with Gasteiger partial charge < -0.3 is 10.6 Å². The highest BCUT2D eigenvalue weighted by molar-refractivity contribution is 5.81. The molecule has 2 aromatic carbocycles. The van der Waals surface area contributed by atoms with Crippen molar-refractivity contribution in [3.8, 4) is 0 Å². The van der Waals surface area contributed by atoms with E-state index >= 15 is 0 Å². The summed E-state index contributed by atoms with van der Waals surface area (Å²) in [5, 5.41) is 3.25. The first kappa shape index (κ1) is 16.4. The topological polar surface area (TPSA) is 58.4 Å². The summed E-state index contributed by atoms with van der Waals surface area (Å²) in [6.07, 6.45) is 0.743. The van der Waals surface area contributed by atoms with Gasteiger partial charge in [-0.25, -0.2) is 8.78 Å². The van der Waals surface area contributed by atoms with Crippen LogP contribution in [0.25, 0.3) is 0 Å². The summed E-state index contributed by atoms with van der Waals surface area (Å²) in [5.74, 6) is -1.62. The van der Waals surface area contributed by atoms with Gasteiger partial charge in [0.05, 0.1) is 5.69 Å². The molecule has 24 heavy (non-hydrogen) atoms. The standard InChI is InChI=1S/C18H19F2N3O/c19-13-6-7-16(15(20)10-13)23-9-8-14(11-23)22-17(18(21)24)12-4-2-1-3-5-12/h1-7,10,14,17,22H,8-9,11H2,(H2,21,24)/t14-,17-/m1/s1. The lowest BCUT2D eigenvalue weighted by atomic mass is 10.1. The van der Waals surface area contributed by atoms with Gasteiger partial charge in [-0.1, -0.05) is 30.3 Å². The minimum atomic E-state index is -0.594. The average molecular weight is 331 g/mol. The zero-order valence-electron chi connectivity index (χ0n) is 13.1. The molecule has 1 heterocycles. The van der Waals surface area contributed by atoms with Crippen LogP contribution in [0.15, 0.2) is 48.5 Å². The van der Waals surface area contributed by atoms with Gasteiger partial charge in [0.2, 0.25) is 5.91 Å². The average Bonchev–Trinajstić information content (AvgIpc) is 3.01. The number of benzene rings is 2. The number of primary amides is 1. The summed E-state index contributed by atoms with van der Waals surface area (Å²) in [7, 11) is 0. The van der Waals surface area contributed by atoms with E-state index in [2.05, 4.69) is 5.32 Å². The summed E-state index contributed by atoms with van der Waals surface area (Å²) in [4.78, 5) is 13.6. The lowest BCUT2D eigenvalue weighted by molar-refractivity contribution is -0.120. The van der Waals surface area contributed by atoms with Gasteiger partial charge in [-0.15, -0.1) is 0 Å². The van der Waals surface area contributed by atoms with Crippen LogP contribution in [0.4, 0.5) is 14.5 Å². The normalized spacial score (nSPS) is 18.6. The Morgan fingerprint density at radius 1 is 1.21 bits per heavy atom. The highest BCUT2D eigenvalue weighted by Gasteiger charge is 2.28. The van der Waals surface area contributed by atoms with E-state index in [1.807, 2.05) is 35.2 Å². The number of nitrogens with one attached hydrogen (secondary N) is 1. The van der Waals surface area contributed by atoms with Crippen LogP contribution in [0.1, 0.15) is 18.0 Å². The van der Waals surface area contributed by atoms with Crippen LogP contribution in [0, 0.1) is 11.6 Å². The number of rotatable bonds is 5. The molecule has 1 aliphatic rings. The van der Waals surface area contributed by atoms with Crippen molar-refractivity contribution in [2.75, 3.05) is 18.0 Å². The molecule has 2 atom stereocenters. The number of carbonyl (C=O) groups excluding carboxylic acids is 1. The number of nitrogens with two attached hydrogens (primary N) is 1. The molecule has 0 aromatic heterocycles. The van der Waals surface area contributed by atoms with E-state index in [9.17, 15) is 13.6 Å². The van der Waals surface area contributed by atoms with Crippen molar-refractivity contribution in [2.24, 2.45) is 5.73 Å². The van der Waals surface area contributed by atoms with Crippen LogP contribution in [0.3, 0.4) is 0 Å². The molecule has 1 aliphatic heterocycles. The van der Waals surface area contributed by atoms with Crippen molar-refractivity contribution in [1.29, 1.82) is 0 Å². The Bertz CT molecular complexity index is 723. The fraction of sp³-hybridized carbons (Fsp3) is 0.278. The Labute approximate surface area is 139 Å². The first-order valence-corrected chi connectivity index (χ1v) is 7.85. The van der Waals surface area contributed by atoms with Crippen molar-refractivity contribution in [2.45, 2.75) is 18.5 Å². The molecule has 6 heteroatoms. The van der Waals surface area contributed by atoms with Gasteiger partial charge >= 0.3 is 0 Å². The van der Waals surface area contributed by atoms with Crippen molar-refractivity contribution in [3.05, 3.63) is 65.7 Å². The number of hydrogen-bond donors (Lipinski definition) is 2. The summed E-state index contributed by atoms with van der Waals surface area (Å²) >= 11 is 0. The van der Waals surface area contributed by atoms with E-state index in [4.69, 9.17) is 5.73 Å². The van der Waals surface area contributed by atoms with Gasteiger partial charge in [0, 0.05) is 25.2 Å². The number of carbonyl (C=O) groups is 1. The van der Waals surface area contributed by atoms with E-state index in [-0.39, 0.29) is 6.04 Å². The molecular weight excluding hydrogens is 312 g/mol. The second-order valence-electron chi connectivity index (χ2n) is 5.94. The van der Waals surface area contributed by atoms with E-state index in [0.29, 0.717) is 18.8 Å². The van der Waals surface area contributed by atoms with Gasteiger partial charge in [0.1, 0.15) is 17.7 Å². The Morgan fingerprint density at radius 2 is 1.96 bits per heavy atom. The predicted octanol–water partition coefficient (Wildman–Crippen LogP) is 2.36. The van der Waals surface area contributed by atoms with E-state index < -0.39 is 23.6 Å². The molecule has 0 bridgehead atoms. The first-order valence-electron chi connectivity index (χ1n) is 7.85. The molecule has 2 aromatic rings. The van der Waals surface area contributed by atoms with Gasteiger partial charge in [0.15, 0.2) is 0 Å². The van der Waals surface area contributed by atoms with E-state index in [0.717, 1.165) is 18.1 Å². The molecule has 0 unspecified atom stereocenters. The maximum absolute atomic E-state index is 13.9. The summed E-state index contributed by atoms with van der Waals surface area (Å²) < 4.78 is 26.9. The van der Waals surface area contributed by atoms with Crippen LogP contribution in [-0.4, -0.2) is 25.0 Å². The Kier molecular flexibility index (Phi) is 4.76. The molecule has 1 amide bonds. The van der Waals surface area contributed by atoms with Crippen LogP contribution in [0.5, 0.6) is 0 Å². The van der Waals surface area contributed by atoms with E-state index in [1.54, 1.807) is 0 Å². The molecule has 126 valence electrons. The SMILES string of the molecule is NC(=O)[C@H](N[C@@H]1CCN(c2ccc(F)cc2F)C1)c1ccccc1. The van der Waals surface area contributed by atoms with Gasteiger partial charge in [-0.3, -0.25) is 10.1 Å². The smallest absolute Gasteiger partial charge is 0.239 e. The Hall–Kier alpha value is -2.47. The second-order valence-corrected chi connectivity index (χ2v) is 5.94. The second kappa shape index (κ2) is 6.97. The van der Waals surface area contributed by atoms with Gasteiger partial charge in [-0.05, 0) is 24.1 Å². The highest BCUT2D eigenvalue weighted by atomic mass is 19.1. The molecule has 1 saturated heterocycles. The van der Waals surface area contributed by atoms with E-state index in [1.165, 1.54) is 12.1 Å². The summed E-state index contributed by atoms with van der Waals surface area (Å²) in [5.41, 5.74) is 6.69. The summed E-state index contributed by atoms with van der Waals surface area (Å²) in [6, 6.07) is 12.2. The Morgan fingerprint density at radius 3 is 2.62 bits per heavy atom. The van der Waals surface area contributed by atoms with Gasteiger partial charge in [0.25, 0.3) is 0 Å². The quantitative estimate of drug-likeness (QED) is 0.884. The number of hydrogen-bond acceptors (Lipinski definition) is 3. The minimum Gasteiger partial charge on any atom is -0.368 e. The van der Waals surface area contributed by atoms with Crippen LogP contribution >= 0.6 is 0 Å². The lowest BCUT2D eigenvalue weighted by Crippen LogP contribution is -2.41. The molecule has 0 radical (unpaired) electrons. The largest absolute Gasteiger partial charge is 0.368 e. The molecule has 0 saturated carbocycles. The number of anilines is 1. The van der Waals surface area contributed by atoms with Crippen molar-refractivity contribution in [3.63, 3.8) is 0 Å². The monoisotopic (exact) mass is 331 g/mol. The molecule has 1 fully saturated rings. The fourth-order valence-corrected chi connectivity index (χ4v) is 3.08. The maximum Gasteiger partial charge on any atom is 0.239 e. The van der Waals surface area contributed by atoms with Crippen LogP contribution in [-0.2, 0) is 4.79 Å². The molecule has 0 spiro atoms.